The van der Waals surface area contributed by atoms with Crippen LogP contribution in [0.4, 0.5) is 0 Å². The number of hydrogen-bond donors (Lipinski definition) is 2. The maximum absolute atomic E-state index is 12.2. The Morgan fingerprint density at radius 2 is 1.54 bits per heavy atom. The minimum atomic E-state index is 0.180. The molecule has 1 aliphatic carbocycles. The highest BCUT2D eigenvalue weighted by atomic mass is 16.2. The molecule has 7 heteroatoms. The second-order valence-electron chi connectivity index (χ2n) is 7.90. The molecule has 0 atom stereocenters. The summed E-state index contributed by atoms with van der Waals surface area (Å²) in [4.78, 5) is 31.1. The predicted octanol–water partition coefficient (Wildman–Crippen LogP) is -0.125. The zero-order chi connectivity index (χ0) is 18.2. The van der Waals surface area contributed by atoms with Crippen molar-refractivity contribution in [2.45, 2.75) is 44.6 Å². The molecule has 2 amide bonds. The SMILES string of the molecule is O=C(CN1CCN(CCC(=O)N2CCNCC2)CC1)NC1CCCCC1. The molecule has 0 bridgehead atoms. The Hall–Kier alpha value is -1.18. The van der Waals surface area contributed by atoms with Crippen molar-refractivity contribution in [3.8, 4) is 0 Å². The Labute approximate surface area is 157 Å². The third-order valence-corrected chi connectivity index (χ3v) is 5.91. The summed E-state index contributed by atoms with van der Waals surface area (Å²) < 4.78 is 0. The Morgan fingerprint density at radius 1 is 0.885 bits per heavy atom. The average molecular weight is 366 g/mol. The zero-order valence-electron chi connectivity index (χ0n) is 16.0. The summed E-state index contributed by atoms with van der Waals surface area (Å²) in [7, 11) is 0. The Kier molecular flexibility index (Phi) is 7.70. The molecule has 148 valence electrons. The molecular weight excluding hydrogens is 330 g/mol. The second-order valence-corrected chi connectivity index (χ2v) is 7.90. The van der Waals surface area contributed by atoms with Crippen LogP contribution in [-0.2, 0) is 9.59 Å². The number of carbonyl (C=O) groups excluding carboxylic acids is 2. The van der Waals surface area contributed by atoms with Gasteiger partial charge in [0.1, 0.15) is 0 Å². The van der Waals surface area contributed by atoms with Crippen molar-refractivity contribution in [3.05, 3.63) is 0 Å². The largest absolute Gasteiger partial charge is 0.352 e. The molecule has 3 fully saturated rings. The van der Waals surface area contributed by atoms with Gasteiger partial charge in [0, 0.05) is 71.4 Å². The number of carbonyl (C=O) groups is 2. The maximum Gasteiger partial charge on any atom is 0.234 e. The molecule has 2 aliphatic heterocycles. The molecular formula is C19H35N5O2. The first-order chi connectivity index (χ1) is 12.7. The summed E-state index contributed by atoms with van der Waals surface area (Å²) in [5, 5.41) is 6.48. The van der Waals surface area contributed by atoms with Gasteiger partial charge in [-0.2, -0.15) is 0 Å². The standard InChI is InChI=1S/C19H35N5O2/c25-18(21-17-4-2-1-3-5-17)16-23-14-12-22(13-15-23)9-6-19(26)24-10-7-20-8-11-24/h17,20H,1-16H2,(H,21,25). The van der Waals surface area contributed by atoms with Crippen LogP contribution in [0.15, 0.2) is 0 Å². The first-order valence-corrected chi connectivity index (χ1v) is 10.4. The number of hydrogen-bond acceptors (Lipinski definition) is 5. The van der Waals surface area contributed by atoms with Gasteiger partial charge in [-0.3, -0.25) is 14.5 Å². The molecule has 2 saturated heterocycles. The van der Waals surface area contributed by atoms with Crippen molar-refractivity contribution in [3.63, 3.8) is 0 Å². The van der Waals surface area contributed by atoms with E-state index in [1.807, 2.05) is 4.90 Å². The lowest BCUT2D eigenvalue weighted by Gasteiger charge is -2.35. The monoisotopic (exact) mass is 365 g/mol. The van der Waals surface area contributed by atoms with Crippen LogP contribution >= 0.6 is 0 Å². The highest BCUT2D eigenvalue weighted by Gasteiger charge is 2.22. The summed E-state index contributed by atoms with van der Waals surface area (Å²) >= 11 is 0. The number of rotatable bonds is 6. The minimum absolute atomic E-state index is 0.180. The molecule has 1 saturated carbocycles. The average Bonchev–Trinajstić information content (AvgIpc) is 2.68. The Morgan fingerprint density at radius 3 is 2.23 bits per heavy atom. The van der Waals surface area contributed by atoms with E-state index in [2.05, 4.69) is 20.4 Å². The van der Waals surface area contributed by atoms with E-state index in [9.17, 15) is 9.59 Å². The van der Waals surface area contributed by atoms with Crippen LogP contribution in [0.3, 0.4) is 0 Å². The number of amides is 2. The van der Waals surface area contributed by atoms with Crippen LogP contribution in [0.1, 0.15) is 38.5 Å². The molecule has 0 aromatic rings. The minimum Gasteiger partial charge on any atom is -0.352 e. The fourth-order valence-corrected chi connectivity index (χ4v) is 4.22. The molecule has 26 heavy (non-hydrogen) atoms. The Bertz CT molecular complexity index is 453. The van der Waals surface area contributed by atoms with Crippen LogP contribution in [-0.4, -0.2) is 98.0 Å². The first kappa shape index (κ1) is 19.6. The number of nitrogens with one attached hydrogen (secondary N) is 2. The summed E-state index contributed by atoms with van der Waals surface area (Å²) in [6, 6.07) is 0.397. The van der Waals surface area contributed by atoms with Gasteiger partial charge in [0.2, 0.25) is 11.8 Å². The van der Waals surface area contributed by atoms with Crippen molar-refractivity contribution < 1.29 is 9.59 Å². The van der Waals surface area contributed by atoms with Crippen LogP contribution in [0.5, 0.6) is 0 Å². The van der Waals surface area contributed by atoms with Crippen molar-refractivity contribution in [1.29, 1.82) is 0 Å². The van der Waals surface area contributed by atoms with E-state index in [0.717, 1.165) is 71.7 Å². The van der Waals surface area contributed by atoms with Gasteiger partial charge < -0.3 is 20.4 Å². The van der Waals surface area contributed by atoms with E-state index >= 15 is 0 Å². The summed E-state index contributed by atoms with van der Waals surface area (Å²) in [5.74, 6) is 0.458. The van der Waals surface area contributed by atoms with Gasteiger partial charge in [0.05, 0.1) is 6.54 Å². The fourth-order valence-electron chi connectivity index (χ4n) is 4.22. The maximum atomic E-state index is 12.2. The van der Waals surface area contributed by atoms with E-state index < -0.39 is 0 Å². The van der Waals surface area contributed by atoms with Gasteiger partial charge in [0.25, 0.3) is 0 Å². The lowest BCUT2D eigenvalue weighted by Crippen LogP contribution is -2.51. The number of nitrogens with zero attached hydrogens (tertiary/aromatic N) is 3. The quantitative estimate of drug-likeness (QED) is 0.687. The van der Waals surface area contributed by atoms with Crippen LogP contribution in [0, 0.1) is 0 Å². The van der Waals surface area contributed by atoms with Gasteiger partial charge >= 0.3 is 0 Å². The summed E-state index contributed by atoms with van der Waals surface area (Å²) in [6.45, 7) is 8.58. The third-order valence-electron chi connectivity index (χ3n) is 5.91. The number of piperazine rings is 2. The zero-order valence-corrected chi connectivity index (χ0v) is 16.0. The van der Waals surface area contributed by atoms with E-state index in [1.165, 1.54) is 19.3 Å². The molecule has 0 unspecified atom stereocenters. The van der Waals surface area contributed by atoms with Crippen LogP contribution < -0.4 is 10.6 Å². The van der Waals surface area contributed by atoms with E-state index in [-0.39, 0.29) is 11.8 Å². The van der Waals surface area contributed by atoms with Crippen molar-refractivity contribution in [2.24, 2.45) is 0 Å². The normalized spacial score (nSPS) is 23.8. The topological polar surface area (TPSA) is 67.9 Å². The first-order valence-electron chi connectivity index (χ1n) is 10.4. The molecule has 0 spiro atoms. The molecule has 0 aromatic heterocycles. The van der Waals surface area contributed by atoms with Gasteiger partial charge in [0.15, 0.2) is 0 Å². The molecule has 0 radical (unpaired) electrons. The van der Waals surface area contributed by atoms with Gasteiger partial charge in [-0.05, 0) is 12.8 Å². The lowest BCUT2D eigenvalue weighted by molar-refractivity contribution is -0.132. The highest BCUT2D eigenvalue weighted by Crippen LogP contribution is 2.17. The fraction of sp³-hybridized carbons (Fsp3) is 0.895. The third kappa shape index (κ3) is 6.21. The summed E-state index contributed by atoms with van der Waals surface area (Å²) in [5.41, 5.74) is 0. The predicted molar refractivity (Wildman–Crippen MR) is 102 cm³/mol. The van der Waals surface area contributed by atoms with Crippen molar-refractivity contribution in [2.75, 3.05) is 65.4 Å². The smallest absolute Gasteiger partial charge is 0.234 e. The molecule has 7 nitrogen and oxygen atoms in total. The molecule has 3 rings (SSSR count). The lowest BCUT2D eigenvalue weighted by atomic mass is 9.95. The highest BCUT2D eigenvalue weighted by molar-refractivity contribution is 5.78. The molecule has 0 aromatic carbocycles. The molecule has 2 N–H and O–H groups in total. The van der Waals surface area contributed by atoms with E-state index in [0.29, 0.717) is 19.0 Å². The summed E-state index contributed by atoms with van der Waals surface area (Å²) in [6.07, 6.45) is 6.70. The Balaban J connectivity index is 1.28. The van der Waals surface area contributed by atoms with E-state index in [4.69, 9.17) is 0 Å². The van der Waals surface area contributed by atoms with Crippen LogP contribution in [0.25, 0.3) is 0 Å². The van der Waals surface area contributed by atoms with Gasteiger partial charge in [-0.1, -0.05) is 19.3 Å². The van der Waals surface area contributed by atoms with E-state index in [1.54, 1.807) is 0 Å². The van der Waals surface area contributed by atoms with Crippen molar-refractivity contribution in [1.82, 2.24) is 25.3 Å². The van der Waals surface area contributed by atoms with Gasteiger partial charge in [-0.15, -0.1) is 0 Å². The van der Waals surface area contributed by atoms with Crippen LogP contribution in [0.2, 0.25) is 0 Å². The molecule has 3 aliphatic rings. The van der Waals surface area contributed by atoms with Crippen molar-refractivity contribution >= 4 is 11.8 Å². The van der Waals surface area contributed by atoms with Gasteiger partial charge in [-0.25, -0.2) is 0 Å². The second kappa shape index (κ2) is 10.2. The molecule has 2 heterocycles.